The molecular formula is C17H18BrFN2O2. The topological polar surface area (TPSA) is 41.6 Å². The summed E-state index contributed by atoms with van der Waals surface area (Å²) in [6.07, 6.45) is 0. The molecule has 2 rings (SSSR count). The third kappa shape index (κ3) is 5.33. The first-order chi connectivity index (χ1) is 11.0. The van der Waals surface area contributed by atoms with Crippen LogP contribution in [0, 0.1) is 5.82 Å². The van der Waals surface area contributed by atoms with Crippen molar-refractivity contribution >= 4 is 27.5 Å². The van der Waals surface area contributed by atoms with Crippen LogP contribution in [0.1, 0.15) is 5.56 Å². The predicted octanol–water partition coefficient (Wildman–Crippen LogP) is 3.67. The molecule has 4 nitrogen and oxygen atoms in total. The molecule has 0 saturated carbocycles. The molecule has 0 spiro atoms. The first kappa shape index (κ1) is 17.4. The summed E-state index contributed by atoms with van der Waals surface area (Å²) in [5.74, 6) is 0.280. The van der Waals surface area contributed by atoms with Crippen molar-refractivity contribution in [2.75, 3.05) is 26.0 Å². The number of methoxy groups -OCH3 is 1. The maximum atomic E-state index is 13.8. The Morgan fingerprint density at radius 3 is 2.57 bits per heavy atom. The van der Waals surface area contributed by atoms with Crippen molar-refractivity contribution < 1.29 is 13.9 Å². The Balaban J connectivity index is 1.88. The molecule has 0 unspecified atom stereocenters. The number of amides is 1. The van der Waals surface area contributed by atoms with Gasteiger partial charge in [-0.25, -0.2) is 4.39 Å². The fourth-order valence-electron chi connectivity index (χ4n) is 2.12. The molecule has 0 aliphatic heterocycles. The van der Waals surface area contributed by atoms with E-state index in [0.717, 1.165) is 5.75 Å². The quantitative estimate of drug-likeness (QED) is 0.831. The van der Waals surface area contributed by atoms with E-state index < -0.39 is 0 Å². The Morgan fingerprint density at radius 2 is 1.96 bits per heavy atom. The van der Waals surface area contributed by atoms with Gasteiger partial charge >= 0.3 is 0 Å². The van der Waals surface area contributed by atoms with E-state index in [1.165, 1.54) is 6.07 Å². The normalized spacial score (nSPS) is 10.7. The first-order valence-electron chi connectivity index (χ1n) is 7.04. The predicted molar refractivity (Wildman–Crippen MR) is 92.1 cm³/mol. The lowest BCUT2D eigenvalue weighted by Crippen LogP contribution is -2.30. The molecule has 2 aromatic carbocycles. The first-order valence-corrected chi connectivity index (χ1v) is 7.83. The molecule has 6 heteroatoms. The van der Waals surface area contributed by atoms with Gasteiger partial charge in [-0.2, -0.15) is 0 Å². The van der Waals surface area contributed by atoms with Crippen LogP contribution in [-0.4, -0.2) is 31.5 Å². The average molecular weight is 381 g/mol. The lowest BCUT2D eigenvalue weighted by atomic mass is 10.2. The summed E-state index contributed by atoms with van der Waals surface area (Å²) in [7, 11) is 3.36. The highest BCUT2D eigenvalue weighted by atomic mass is 79.9. The highest BCUT2D eigenvalue weighted by Crippen LogP contribution is 2.17. The SMILES string of the molecule is COc1ccc(NC(=O)CN(C)Cc2ccc(Br)cc2F)cc1. The molecule has 23 heavy (non-hydrogen) atoms. The molecule has 0 bridgehead atoms. The fourth-order valence-corrected chi connectivity index (χ4v) is 2.45. The molecule has 2 aromatic rings. The molecule has 0 saturated heterocycles. The van der Waals surface area contributed by atoms with E-state index in [1.54, 1.807) is 55.5 Å². The van der Waals surface area contributed by atoms with Crippen molar-refractivity contribution in [2.24, 2.45) is 0 Å². The number of halogens is 2. The van der Waals surface area contributed by atoms with Crippen LogP contribution in [0.3, 0.4) is 0 Å². The number of benzene rings is 2. The van der Waals surface area contributed by atoms with Crippen LogP contribution in [0.15, 0.2) is 46.9 Å². The zero-order valence-electron chi connectivity index (χ0n) is 13.0. The van der Waals surface area contributed by atoms with Crippen LogP contribution in [-0.2, 0) is 11.3 Å². The van der Waals surface area contributed by atoms with Crippen molar-refractivity contribution in [3.8, 4) is 5.75 Å². The van der Waals surface area contributed by atoms with Crippen LogP contribution in [0.5, 0.6) is 5.75 Å². The van der Waals surface area contributed by atoms with E-state index in [9.17, 15) is 9.18 Å². The standard InChI is InChI=1S/C17H18BrFN2O2/c1-21(10-12-3-4-13(18)9-16(12)19)11-17(22)20-14-5-7-15(23-2)8-6-14/h3-9H,10-11H2,1-2H3,(H,20,22). The van der Waals surface area contributed by atoms with Gasteiger partial charge in [-0.05, 0) is 43.4 Å². The number of carbonyl (C=O) groups is 1. The van der Waals surface area contributed by atoms with Gasteiger partial charge < -0.3 is 10.1 Å². The molecule has 0 fully saturated rings. The van der Waals surface area contributed by atoms with Gasteiger partial charge in [0.2, 0.25) is 5.91 Å². The highest BCUT2D eigenvalue weighted by Gasteiger charge is 2.10. The molecule has 0 aromatic heterocycles. The summed E-state index contributed by atoms with van der Waals surface area (Å²) in [4.78, 5) is 13.8. The summed E-state index contributed by atoms with van der Waals surface area (Å²) in [5.41, 5.74) is 1.24. The van der Waals surface area contributed by atoms with Gasteiger partial charge in [-0.3, -0.25) is 9.69 Å². The lowest BCUT2D eigenvalue weighted by molar-refractivity contribution is -0.117. The third-order valence-corrected chi connectivity index (χ3v) is 3.74. The second-order valence-electron chi connectivity index (χ2n) is 5.18. The van der Waals surface area contributed by atoms with Crippen molar-refractivity contribution in [1.82, 2.24) is 4.90 Å². The molecule has 0 atom stereocenters. The van der Waals surface area contributed by atoms with Crippen molar-refractivity contribution in [3.63, 3.8) is 0 Å². The molecule has 0 aliphatic carbocycles. The number of likely N-dealkylation sites (N-methyl/N-ethyl adjacent to an activating group) is 1. The summed E-state index contributed by atoms with van der Waals surface area (Å²) < 4.78 is 19.6. The minimum absolute atomic E-state index is 0.157. The number of nitrogens with one attached hydrogen (secondary N) is 1. The summed E-state index contributed by atoms with van der Waals surface area (Å²) in [6, 6.07) is 12.0. The Kier molecular flexibility index (Phi) is 6.12. The van der Waals surface area contributed by atoms with E-state index in [4.69, 9.17) is 4.74 Å². The van der Waals surface area contributed by atoms with Crippen LogP contribution in [0.2, 0.25) is 0 Å². The Labute approximate surface area is 143 Å². The molecule has 122 valence electrons. The van der Waals surface area contributed by atoms with Gasteiger partial charge in [-0.1, -0.05) is 22.0 Å². The highest BCUT2D eigenvalue weighted by molar-refractivity contribution is 9.10. The number of hydrogen-bond donors (Lipinski definition) is 1. The third-order valence-electron chi connectivity index (χ3n) is 3.24. The Morgan fingerprint density at radius 1 is 1.26 bits per heavy atom. The molecule has 1 amide bonds. The van der Waals surface area contributed by atoms with Crippen molar-refractivity contribution in [2.45, 2.75) is 6.54 Å². The molecular weight excluding hydrogens is 363 g/mol. The van der Waals surface area contributed by atoms with E-state index in [-0.39, 0.29) is 18.3 Å². The number of carbonyl (C=O) groups excluding carboxylic acids is 1. The largest absolute Gasteiger partial charge is 0.497 e. The smallest absolute Gasteiger partial charge is 0.238 e. The molecule has 0 radical (unpaired) electrons. The number of ether oxygens (including phenoxy) is 1. The van der Waals surface area contributed by atoms with E-state index >= 15 is 0 Å². The van der Waals surface area contributed by atoms with Crippen molar-refractivity contribution in [3.05, 3.63) is 58.3 Å². The van der Waals surface area contributed by atoms with Gasteiger partial charge in [0, 0.05) is 22.3 Å². The number of anilines is 1. The van der Waals surface area contributed by atoms with Crippen LogP contribution >= 0.6 is 15.9 Å². The Bertz CT molecular complexity index is 677. The van der Waals surface area contributed by atoms with Crippen LogP contribution in [0.4, 0.5) is 10.1 Å². The van der Waals surface area contributed by atoms with Gasteiger partial charge in [0.25, 0.3) is 0 Å². The molecule has 1 N–H and O–H groups in total. The van der Waals surface area contributed by atoms with Crippen LogP contribution in [0.25, 0.3) is 0 Å². The summed E-state index contributed by atoms with van der Waals surface area (Å²) in [5, 5.41) is 2.80. The Hall–Kier alpha value is -1.92. The maximum Gasteiger partial charge on any atom is 0.238 e. The van der Waals surface area contributed by atoms with Gasteiger partial charge in [0.1, 0.15) is 11.6 Å². The second kappa shape index (κ2) is 8.08. The minimum atomic E-state index is -0.290. The molecule has 0 aliphatic rings. The minimum Gasteiger partial charge on any atom is -0.497 e. The number of nitrogens with zero attached hydrogens (tertiary/aromatic N) is 1. The molecule has 0 heterocycles. The van der Waals surface area contributed by atoms with E-state index in [2.05, 4.69) is 21.2 Å². The van der Waals surface area contributed by atoms with E-state index in [0.29, 0.717) is 22.3 Å². The fraction of sp³-hybridized carbons (Fsp3) is 0.235. The number of rotatable bonds is 6. The second-order valence-corrected chi connectivity index (χ2v) is 6.10. The van der Waals surface area contributed by atoms with Crippen molar-refractivity contribution in [1.29, 1.82) is 0 Å². The van der Waals surface area contributed by atoms with E-state index in [1.807, 2.05) is 0 Å². The monoisotopic (exact) mass is 380 g/mol. The van der Waals surface area contributed by atoms with Gasteiger partial charge in [0.15, 0.2) is 0 Å². The zero-order valence-corrected chi connectivity index (χ0v) is 14.6. The summed E-state index contributed by atoms with van der Waals surface area (Å²) >= 11 is 3.22. The zero-order chi connectivity index (χ0) is 16.8. The van der Waals surface area contributed by atoms with Crippen LogP contribution < -0.4 is 10.1 Å². The lowest BCUT2D eigenvalue weighted by Gasteiger charge is -2.17. The summed E-state index contributed by atoms with van der Waals surface area (Å²) in [6.45, 7) is 0.524. The maximum absolute atomic E-state index is 13.8. The number of hydrogen-bond acceptors (Lipinski definition) is 3. The average Bonchev–Trinajstić information content (AvgIpc) is 2.50. The van der Waals surface area contributed by atoms with Gasteiger partial charge in [-0.15, -0.1) is 0 Å². The van der Waals surface area contributed by atoms with Gasteiger partial charge in [0.05, 0.1) is 13.7 Å².